The molecule has 2 unspecified atom stereocenters. The molecule has 1 aromatic carbocycles. The van der Waals surface area contributed by atoms with E-state index in [1.807, 2.05) is 0 Å². The number of alkyl halides is 2. The minimum atomic E-state index is -2.82. The van der Waals surface area contributed by atoms with Crippen LogP contribution in [0.4, 0.5) is 8.78 Å². The zero-order valence-electron chi connectivity index (χ0n) is 11.6. The van der Waals surface area contributed by atoms with E-state index in [0.717, 1.165) is 5.56 Å². The van der Waals surface area contributed by atoms with Crippen molar-refractivity contribution in [2.75, 3.05) is 6.54 Å². The van der Waals surface area contributed by atoms with Crippen LogP contribution in [0.5, 0.6) is 5.75 Å². The molecule has 1 amide bonds. The molecule has 4 nitrogen and oxygen atoms in total. The fourth-order valence-electron chi connectivity index (χ4n) is 1.57. The minimum Gasteiger partial charge on any atom is -0.435 e. The molecular formula is C14H20F2N2O2. The molecule has 0 bridgehead atoms. The third kappa shape index (κ3) is 5.52. The number of carbonyl (C=O) groups is 1. The summed E-state index contributed by atoms with van der Waals surface area (Å²) in [6, 6.07) is 6.15. The van der Waals surface area contributed by atoms with Crippen LogP contribution in [-0.2, 0) is 11.2 Å². The Morgan fingerprint density at radius 2 is 1.90 bits per heavy atom. The summed E-state index contributed by atoms with van der Waals surface area (Å²) in [4.78, 5) is 11.7. The predicted octanol–water partition coefficient (Wildman–Crippen LogP) is 1.93. The maximum atomic E-state index is 12.0. The average molecular weight is 286 g/mol. The number of halogens is 2. The molecule has 0 aromatic heterocycles. The van der Waals surface area contributed by atoms with Crippen molar-refractivity contribution < 1.29 is 18.3 Å². The SMILES string of the molecule is CC(N)C(C)C(=O)NCCc1ccc(OC(F)F)cc1. The lowest BCUT2D eigenvalue weighted by molar-refractivity contribution is -0.124. The molecule has 0 fully saturated rings. The third-order valence-electron chi connectivity index (χ3n) is 3.06. The number of amides is 1. The lowest BCUT2D eigenvalue weighted by atomic mass is 10.0. The fraction of sp³-hybridized carbons (Fsp3) is 0.500. The molecule has 0 heterocycles. The zero-order chi connectivity index (χ0) is 15.1. The van der Waals surface area contributed by atoms with E-state index in [9.17, 15) is 13.6 Å². The molecule has 112 valence electrons. The van der Waals surface area contributed by atoms with Crippen molar-refractivity contribution in [3.05, 3.63) is 29.8 Å². The number of hydrogen-bond acceptors (Lipinski definition) is 3. The van der Waals surface area contributed by atoms with E-state index in [1.54, 1.807) is 26.0 Å². The first kappa shape index (κ1) is 16.4. The van der Waals surface area contributed by atoms with Gasteiger partial charge in [0.05, 0.1) is 0 Å². The number of rotatable bonds is 7. The van der Waals surface area contributed by atoms with Gasteiger partial charge in [0.2, 0.25) is 5.91 Å². The molecule has 0 aliphatic rings. The number of hydrogen-bond donors (Lipinski definition) is 2. The Labute approximate surface area is 117 Å². The summed E-state index contributed by atoms with van der Waals surface area (Å²) < 4.78 is 28.2. The van der Waals surface area contributed by atoms with Crippen LogP contribution in [-0.4, -0.2) is 25.1 Å². The highest BCUT2D eigenvalue weighted by Crippen LogP contribution is 2.15. The van der Waals surface area contributed by atoms with Crippen molar-refractivity contribution >= 4 is 5.91 Å². The van der Waals surface area contributed by atoms with Crippen LogP contribution in [0.15, 0.2) is 24.3 Å². The molecule has 20 heavy (non-hydrogen) atoms. The van der Waals surface area contributed by atoms with Gasteiger partial charge in [0.1, 0.15) is 5.75 Å². The first-order valence-corrected chi connectivity index (χ1v) is 6.47. The minimum absolute atomic E-state index is 0.0855. The van der Waals surface area contributed by atoms with Gasteiger partial charge in [-0.05, 0) is 31.0 Å². The van der Waals surface area contributed by atoms with E-state index in [0.29, 0.717) is 13.0 Å². The van der Waals surface area contributed by atoms with Gasteiger partial charge in [-0.25, -0.2) is 0 Å². The van der Waals surface area contributed by atoms with E-state index >= 15 is 0 Å². The van der Waals surface area contributed by atoms with Crippen molar-refractivity contribution in [1.29, 1.82) is 0 Å². The summed E-state index contributed by atoms with van der Waals surface area (Å²) >= 11 is 0. The van der Waals surface area contributed by atoms with E-state index in [2.05, 4.69) is 10.1 Å². The first-order chi connectivity index (χ1) is 9.40. The molecule has 6 heteroatoms. The van der Waals surface area contributed by atoms with Crippen molar-refractivity contribution in [2.24, 2.45) is 11.7 Å². The topological polar surface area (TPSA) is 64.4 Å². The van der Waals surface area contributed by atoms with Gasteiger partial charge in [-0.2, -0.15) is 8.78 Å². The van der Waals surface area contributed by atoms with Gasteiger partial charge in [-0.1, -0.05) is 19.1 Å². The number of benzene rings is 1. The van der Waals surface area contributed by atoms with E-state index in [-0.39, 0.29) is 23.6 Å². The largest absolute Gasteiger partial charge is 0.435 e. The Morgan fingerprint density at radius 3 is 2.40 bits per heavy atom. The molecule has 2 atom stereocenters. The number of ether oxygens (including phenoxy) is 1. The number of carbonyl (C=O) groups excluding carboxylic acids is 1. The molecular weight excluding hydrogens is 266 g/mol. The summed E-state index contributed by atoms with van der Waals surface area (Å²) in [6.45, 7) is 1.22. The lowest BCUT2D eigenvalue weighted by Crippen LogP contribution is -2.39. The molecule has 0 radical (unpaired) electrons. The van der Waals surface area contributed by atoms with Gasteiger partial charge in [-0.3, -0.25) is 4.79 Å². The molecule has 0 aliphatic heterocycles. The average Bonchev–Trinajstić information content (AvgIpc) is 2.39. The van der Waals surface area contributed by atoms with Gasteiger partial charge in [0.15, 0.2) is 0 Å². The maximum absolute atomic E-state index is 12.0. The molecule has 3 N–H and O–H groups in total. The monoisotopic (exact) mass is 286 g/mol. The quantitative estimate of drug-likeness (QED) is 0.805. The van der Waals surface area contributed by atoms with Crippen molar-refractivity contribution in [1.82, 2.24) is 5.32 Å². The summed E-state index contributed by atoms with van der Waals surface area (Å²) in [5.74, 6) is -0.201. The van der Waals surface area contributed by atoms with Crippen LogP contribution >= 0.6 is 0 Å². The van der Waals surface area contributed by atoms with Crippen LogP contribution in [0.1, 0.15) is 19.4 Å². The fourth-order valence-corrected chi connectivity index (χ4v) is 1.57. The Bertz CT molecular complexity index is 422. The molecule has 1 aromatic rings. The Kier molecular flexibility index (Phi) is 6.38. The Morgan fingerprint density at radius 1 is 1.30 bits per heavy atom. The van der Waals surface area contributed by atoms with Gasteiger partial charge in [0.25, 0.3) is 0 Å². The molecule has 0 saturated heterocycles. The highest BCUT2D eigenvalue weighted by atomic mass is 19.3. The summed E-state index contributed by atoms with van der Waals surface area (Å²) in [6.07, 6.45) is 0.617. The van der Waals surface area contributed by atoms with Crippen molar-refractivity contribution in [3.63, 3.8) is 0 Å². The molecule has 0 aliphatic carbocycles. The highest BCUT2D eigenvalue weighted by molar-refractivity contribution is 5.78. The van der Waals surface area contributed by atoms with Gasteiger partial charge >= 0.3 is 6.61 Å². The standard InChI is InChI=1S/C14H20F2N2O2/c1-9(10(2)17)13(19)18-8-7-11-3-5-12(6-4-11)20-14(15)16/h3-6,9-10,14H,7-8,17H2,1-2H3,(H,18,19). The van der Waals surface area contributed by atoms with Crippen molar-refractivity contribution in [2.45, 2.75) is 32.9 Å². The molecule has 0 spiro atoms. The maximum Gasteiger partial charge on any atom is 0.387 e. The van der Waals surface area contributed by atoms with Crippen LogP contribution in [0, 0.1) is 5.92 Å². The van der Waals surface area contributed by atoms with Crippen LogP contribution < -0.4 is 15.8 Å². The third-order valence-corrected chi connectivity index (χ3v) is 3.06. The zero-order valence-corrected chi connectivity index (χ0v) is 11.6. The Hall–Kier alpha value is -1.69. The Balaban J connectivity index is 2.37. The highest BCUT2D eigenvalue weighted by Gasteiger charge is 2.16. The van der Waals surface area contributed by atoms with E-state index < -0.39 is 6.61 Å². The molecule has 0 saturated carbocycles. The van der Waals surface area contributed by atoms with Crippen LogP contribution in [0.25, 0.3) is 0 Å². The smallest absolute Gasteiger partial charge is 0.387 e. The summed E-state index contributed by atoms with van der Waals surface area (Å²) in [5, 5.41) is 2.79. The normalized spacial score (nSPS) is 13.9. The number of nitrogens with one attached hydrogen (secondary N) is 1. The van der Waals surface area contributed by atoms with Gasteiger partial charge in [0, 0.05) is 18.5 Å². The summed E-state index contributed by atoms with van der Waals surface area (Å²) in [7, 11) is 0. The second-order valence-corrected chi connectivity index (χ2v) is 4.71. The van der Waals surface area contributed by atoms with Gasteiger partial charge in [-0.15, -0.1) is 0 Å². The van der Waals surface area contributed by atoms with Crippen LogP contribution in [0.3, 0.4) is 0 Å². The second-order valence-electron chi connectivity index (χ2n) is 4.71. The lowest BCUT2D eigenvalue weighted by Gasteiger charge is -2.15. The predicted molar refractivity (Wildman–Crippen MR) is 72.6 cm³/mol. The number of nitrogens with two attached hydrogens (primary N) is 1. The van der Waals surface area contributed by atoms with Crippen molar-refractivity contribution in [3.8, 4) is 5.75 Å². The second kappa shape index (κ2) is 7.79. The van der Waals surface area contributed by atoms with E-state index in [4.69, 9.17) is 5.73 Å². The summed E-state index contributed by atoms with van der Waals surface area (Å²) in [5.41, 5.74) is 6.57. The molecule has 1 rings (SSSR count). The van der Waals surface area contributed by atoms with Gasteiger partial charge < -0.3 is 15.8 Å². The first-order valence-electron chi connectivity index (χ1n) is 6.47. The van der Waals surface area contributed by atoms with E-state index in [1.165, 1.54) is 12.1 Å². The van der Waals surface area contributed by atoms with Crippen LogP contribution in [0.2, 0.25) is 0 Å².